The van der Waals surface area contributed by atoms with Crippen molar-refractivity contribution in [2.24, 2.45) is 0 Å². The number of anilines is 1. The number of aromatic nitrogens is 1. The number of nitrogens with one attached hydrogen (secondary N) is 2. The zero-order valence-electron chi connectivity index (χ0n) is 18.0. The van der Waals surface area contributed by atoms with E-state index in [1.165, 1.54) is 0 Å². The number of ether oxygens (including phenoxy) is 2. The molecule has 3 saturated heterocycles. The molecule has 3 aliphatic heterocycles. The molecule has 0 radical (unpaired) electrons. The predicted octanol–water partition coefficient (Wildman–Crippen LogP) is 2.57. The number of amides is 2. The molecule has 0 spiro atoms. The Kier molecular flexibility index (Phi) is 5.80. The lowest BCUT2D eigenvalue weighted by molar-refractivity contribution is -0.142. The first-order chi connectivity index (χ1) is 15.6. The van der Waals surface area contributed by atoms with Crippen LogP contribution >= 0.6 is 0 Å². The minimum Gasteiger partial charge on any atom is -0.478 e. The second-order valence-electron chi connectivity index (χ2n) is 8.73. The van der Waals surface area contributed by atoms with Gasteiger partial charge in [-0.1, -0.05) is 6.07 Å². The highest BCUT2D eigenvalue weighted by molar-refractivity contribution is 5.92. The summed E-state index contributed by atoms with van der Waals surface area (Å²) in [6.45, 7) is 3.22. The summed E-state index contributed by atoms with van der Waals surface area (Å²) < 4.78 is 11.8. The third kappa shape index (κ3) is 4.20. The molecule has 3 aliphatic rings. The first-order valence-electron chi connectivity index (χ1n) is 11.2. The topological polar surface area (TPSA) is 92.8 Å². The van der Waals surface area contributed by atoms with Gasteiger partial charge in [-0.15, -0.1) is 0 Å². The average molecular weight is 437 g/mol. The van der Waals surface area contributed by atoms with Gasteiger partial charge in [0.05, 0.1) is 0 Å². The quantitative estimate of drug-likeness (QED) is 0.723. The van der Waals surface area contributed by atoms with Crippen LogP contribution in [0.1, 0.15) is 30.7 Å². The fraction of sp³-hybridized carbons (Fsp3) is 0.458. The Morgan fingerprint density at radius 3 is 2.72 bits per heavy atom. The molecule has 2 atom stereocenters. The van der Waals surface area contributed by atoms with Gasteiger partial charge in [0, 0.05) is 56.7 Å². The number of urea groups is 1. The Bertz CT molecular complexity index is 948. The predicted molar refractivity (Wildman–Crippen MR) is 119 cm³/mol. The zero-order chi connectivity index (χ0) is 22.0. The van der Waals surface area contributed by atoms with Crippen molar-refractivity contribution in [3.63, 3.8) is 0 Å². The maximum absolute atomic E-state index is 13.1. The number of rotatable bonds is 6. The van der Waals surface area contributed by atoms with Crippen LogP contribution in [0.25, 0.3) is 0 Å². The average Bonchev–Trinajstić information content (AvgIpc) is 3.47. The molecule has 8 heteroatoms. The number of Topliss-reactive ketones (excluding diaryl/α,β-unsaturated/α-hetero) is 1. The number of nitrogens with zero attached hydrogens (tertiary/aromatic N) is 2. The van der Waals surface area contributed by atoms with Crippen molar-refractivity contribution in [1.82, 2.24) is 15.2 Å². The maximum atomic E-state index is 13.1. The summed E-state index contributed by atoms with van der Waals surface area (Å²) in [7, 11) is 0. The summed E-state index contributed by atoms with van der Waals surface area (Å²) in [5.74, 6) is 0.972. The summed E-state index contributed by atoms with van der Waals surface area (Å²) in [6.07, 6.45) is 5.53. The van der Waals surface area contributed by atoms with Gasteiger partial charge in [0.25, 0.3) is 0 Å². The molecular formula is C24H28N4O4. The van der Waals surface area contributed by atoms with Gasteiger partial charge in [-0.3, -0.25) is 9.78 Å². The third-order valence-corrected chi connectivity index (χ3v) is 6.53. The molecule has 5 rings (SSSR count). The Hall–Kier alpha value is -2.97. The molecule has 2 aromatic rings. The Morgan fingerprint density at radius 2 is 2.06 bits per heavy atom. The highest BCUT2D eigenvalue weighted by Gasteiger charge is 2.47. The SMILES string of the molecule is O=C(Nc1ccc(O[C@]2(C(=O)[C@H]3CCCO3)CCNC2)cc1)N1CC(c2cccnc2)C1. The van der Waals surface area contributed by atoms with Gasteiger partial charge in [-0.25, -0.2) is 4.79 Å². The first-order valence-corrected chi connectivity index (χ1v) is 11.2. The van der Waals surface area contributed by atoms with Crippen LogP contribution in [0.5, 0.6) is 5.75 Å². The van der Waals surface area contributed by atoms with Crippen LogP contribution in [0.2, 0.25) is 0 Å². The summed E-state index contributed by atoms with van der Waals surface area (Å²) in [5, 5.41) is 6.18. The largest absolute Gasteiger partial charge is 0.478 e. The second kappa shape index (κ2) is 8.88. The molecule has 2 N–H and O–H groups in total. The molecule has 0 aliphatic carbocycles. The van der Waals surface area contributed by atoms with Gasteiger partial charge in [0.1, 0.15) is 11.9 Å². The van der Waals surface area contributed by atoms with E-state index in [-0.39, 0.29) is 17.9 Å². The monoisotopic (exact) mass is 436 g/mol. The lowest BCUT2D eigenvalue weighted by Gasteiger charge is -2.39. The minimum atomic E-state index is -0.890. The van der Waals surface area contributed by atoms with Crippen molar-refractivity contribution in [3.05, 3.63) is 54.4 Å². The van der Waals surface area contributed by atoms with Crippen LogP contribution < -0.4 is 15.4 Å². The molecule has 1 aromatic heterocycles. The molecule has 0 bridgehead atoms. The van der Waals surface area contributed by atoms with Crippen molar-refractivity contribution >= 4 is 17.5 Å². The van der Waals surface area contributed by atoms with E-state index in [1.807, 2.05) is 18.3 Å². The minimum absolute atomic E-state index is 0.0262. The number of carbonyl (C=O) groups is 2. The van der Waals surface area contributed by atoms with Gasteiger partial charge in [0.15, 0.2) is 5.60 Å². The lowest BCUT2D eigenvalue weighted by atomic mass is 9.92. The summed E-state index contributed by atoms with van der Waals surface area (Å²) in [5.41, 5.74) is 0.959. The van der Waals surface area contributed by atoms with Gasteiger partial charge in [0.2, 0.25) is 5.78 Å². The second-order valence-corrected chi connectivity index (χ2v) is 8.73. The van der Waals surface area contributed by atoms with E-state index < -0.39 is 5.60 Å². The van der Waals surface area contributed by atoms with Gasteiger partial charge >= 0.3 is 6.03 Å². The number of carbonyl (C=O) groups excluding carboxylic acids is 2. The van der Waals surface area contributed by atoms with Gasteiger partial charge in [-0.2, -0.15) is 0 Å². The van der Waals surface area contributed by atoms with E-state index in [4.69, 9.17) is 9.47 Å². The van der Waals surface area contributed by atoms with Crippen LogP contribution in [-0.4, -0.2) is 66.2 Å². The normalized spacial score (nSPS) is 25.4. The van der Waals surface area contributed by atoms with Crippen molar-refractivity contribution in [2.75, 3.05) is 38.1 Å². The maximum Gasteiger partial charge on any atom is 0.321 e. The van der Waals surface area contributed by atoms with Crippen LogP contribution in [0.3, 0.4) is 0 Å². The van der Waals surface area contributed by atoms with Crippen LogP contribution in [0.4, 0.5) is 10.5 Å². The van der Waals surface area contributed by atoms with Crippen molar-refractivity contribution in [1.29, 1.82) is 0 Å². The Labute approximate surface area is 187 Å². The third-order valence-electron chi connectivity index (χ3n) is 6.53. The molecule has 2 amide bonds. The summed E-state index contributed by atoms with van der Waals surface area (Å²) >= 11 is 0. The highest BCUT2D eigenvalue weighted by Crippen LogP contribution is 2.31. The molecule has 0 saturated carbocycles. The molecular weight excluding hydrogens is 408 g/mol. The summed E-state index contributed by atoms with van der Waals surface area (Å²) in [4.78, 5) is 31.5. The van der Waals surface area contributed by atoms with E-state index in [9.17, 15) is 9.59 Å². The van der Waals surface area contributed by atoms with E-state index in [2.05, 4.69) is 15.6 Å². The van der Waals surface area contributed by atoms with Crippen LogP contribution in [0.15, 0.2) is 48.8 Å². The standard InChI is InChI=1S/C24H28N4O4/c29-22(21-4-2-12-31-21)24(9-11-26-16-24)32-20-7-5-19(6-8-20)27-23(30)28-14-18(15-28)17-3-1-10-25-13-17/h1,3,5-8,10,13,18,21,26H,2,4,9,11-12,14-16H2,(H,27,30)/t21-,24-/m1/s1. The van der Waals surface area contributed by atoms with Gasteiger partial charge in [-0.05, 0) is 55.3 Å². The fourth-order valence-corrected chi connectivity index (χ4v) is 4.60. The molecule has 168 valence electrons. The number of likely N-dealkylation sites (tertiary alicyclic amines) is 1. The number of benzene rings is 1. The van der Waals surface area contributed by atoms with Crippen molar-refractivity contribution in [3.8, 4) is 5.75 Å². The molecule has 3 fully saturated rings. The highest BCUT2D eigenvalue weighted by atomic mass is 16.5. The van der Waals surface area contributed by atoms with E-state index >= 15 is 0 Å². The zero-order valence-corrected chi connectivity index (χ0v) is 18.0. The summed E-state index contributed by atoms with van der Waals surface area (Å²) in [6, 6.07) is 11.0. The molecule has 4 heterocycles. The molecule has 8 nitrogen and oxygen atoms in total. The number of hydrogen-bond donors (Lipinski definition) is 2. The molecule has 32 heavy (non-hydrogen) atoms. The Balaban J connectivity index is 1.17. The smallest absolute Gasteiger partial charge is 0.321 e. The Morgan fingerprint density at radius 1 is 1.22 bits per heavy atom. The first kappa shape index (κ1) is 20.9. The number of ketones is 1. The lowest BCUT2D eigenvalue weighted by Crippen LogP contribution is -2.51. The van der Waals surface area contributed by atoms with Gasteiger partial charge < -0.3 is 25.0 Å². The van der Waals surface area contributed by atoms with E-state index in [0.717, 1.165) is 24.9 Å². The number of hydrogen-bond acceptors (Lipinski definition) is 6. The van der Waals surface area contributed by atoms with Crippen molar-refractivity contribution < 1.29 is 19.1 Å². The molecule has 1 aromatic carbocycles. The fourth-order valence-electron chi connectivity index (χ4n) is 4.60. The van der Waals surface area contributed by atoms with Crippen molar-refractivity contribution in [2.45, 2.75) is 36.9 Å². The van der Waals surface area contributed by atoms with Crippen LogP contribution in [-0.2, 0) is 9.53 Å². The number of pyridine rings is 1. The van der Waals surface area contributed by atoms with E-state index in [0.29, 0.717) is 50.0 Å². The van der Waals surface area contributed by atoms with E-state index in [1.54, 1.807) is 35.4 Å². The van der Waals surface area contributed by atoms with Crippen LogP contribution in [0, 0.1) is 0 Å². The molecule has 0 unspecified atom stereocenters.